The molecule has 0 spiro atoms. The zero-order valence-corrected chi connectivity index (χ0v) is 11.9. The molecule has 1 nitrogen and oxygen atoms in total. The highest BCUT2D eigenvalue weighted by Gasteiger charge is 2.15. The first-order valence-corrected chi connectivity index (χ1v) is 6.97. The second kappa shape index (κ2) is 7.65. The van der Waals surface area contributed by atoms with Crippen molar-refractivity contribution in [1.29, 1.82) is 0 Å². The van der Waals surface area contributed by atoms with E-state index in [9.17, 15) is 0 Å². The molecule has 0 amide bonds. The van der Waals surface area contributed by atoms with Crippen LogP contribution >= 0.6 is 0 Å². The van der Waals surface area contributed by atoms with Gasteiger partial charge in [-0.3, -0.25) is 4.98 Å². The van der Waals surface area contributed by atoms with E-state index in [4.69, 9.17) is 0 Å². The summed E-state index contributed by atoms with van der Waals surface area (Å²) in [6.45, 7) is 8.00. The molecule has 0 aliphatic heterocycles. The van der Waals surface area contributed by atoms with Gasteiger partial charge >= 0.3 is 0 Å². The molecule has 1 heterocycles. The Hall–Kier alpha value is -1.63. The van der Waals surface area contributed by atoms with Crippen LogP contribution in [0, 0.1) is 0 Å². The fourth-order valence-corrected chi connectivity index (χ4v) is 2.12. The van der Waals surface area contributed by atoms with Gasteiger partial charge in [-0.1, -0.05) is 58.0 Å². The van der Waals surface area contributed by atoms with Crippen molar-refractivity contribution in [3.63, 3.8) is 0 Å². The number of pyridine rings is 1. The van der Waals surface area contributed by atoms with Gasteiger partial charge in [0.05, 0.1) is 5.69 Å². The van der Waals surface area contributed by atoms with Gasteiger partial charge in [-0.05, 0) is 30.0 Å². The monoisotopic (exact) mass is 241 g/mol. The summed E-state index contributed by atoms with van der Waals surface area (Å²) in [5, 5.41) is 0. The van der Waals surface area contributed by atoms with Crippen molar-refractivity contribution in [3.05, 3.63) is 53.7 Å². The van der Waals surface area contributed by atoms with E-state index in [0.717, 1.165) is 12.8 Å². The van der Waals surface area contributed by atoms with E-state index in [-0.39, 0.29) is 0 Å². The fraction of sp³-hybridized carbons (Fsp3) is 0.353. The van der Waals surface area contributed by atoms with Gasteiger partial charge in [0.2, 0.25) is 0 Å². The Morgan fingerprint density at radius 3 is 2.17 bits per heavy atom. The van der Waals surface area contributed by atoms with E-state index in [0.29, 0.717) is 0 Å². The van der Waals surface area contributed by atoms with Crippen molar-refractivity contribution in [2.75, 3.05) is 0 Å². The van der Waals surface area contributed by atoms with Crippen molar-refractivity contribution >= 4 is 0 Å². The molecule has 0 saturated heterocycles. The fourth-order valence-electron chi connectivity index (χ4n) is 2.12. The molecule has 96 valence electrons. The van der Waals surface area contributed by atoms with E-state index < -0.39 is 0 Å². The molecule has 0 radical (unpaired) electrons. The minimum atomic E-state index is 1.13. The van der Waals surface area contributed by atoms with Crippen molar-refractivity contribution in [1.82, 2.24) is 4.98 Å². The predicted octanol–water partition coefficient (Wildman–Crippen LogP) is 4.90. The Balaban J connectivity index is 0.000000371. The van der Waals surface area contributed by atoms with Crippen LogP contribution in [-0.4, -0.2) is 4.98 Å². The zero-order valence-electron chi connectivity index (χ0n) is 11.9. The largest absolute Gasteiger partial charge is 0.256 e. The van der Waals surface area contributed by atoms with Crippen molar-refractivity contribution in [2.24, 2.45) is 0 Å². The van der Waals surface area contributed by atoms with Crippen LogP contribution in [0.1, 0.15) is 38.8 Å². The summed E-state index contributed by atoms with van der Waals surface area (Å²) in [4.78, 5) is 4.46. The van der Waals surface area contributed by atoms with Gasteiger partial charge in [0.1, 0.15) is 0 Å². The van der Waals surface area contributed by atoms with Gasteiger partial charge in [0.15, 0.2) is 0 Å². The van der Waals surface area contributed by atoms with Crippen molar-refractivity contribution in [2.45, 2.75) is 40.5 Å². The van der Waals surface area contributed by atoms with Gasteiger partial charge in [0, 0.05) is 11.8 Å². The van der Waals surface area contributed by atoms with Crippen LogP contribution in [0.5, 0.6) is 0 Å². The summed E-state index contributed by atoms with van der Waals surface area (Å²) in [5.41, 5.74) is 5.30. The van der Waals surface area contributed by atoms with Gasteiger partial charge in [-0.25, -0.2) is 0 Å². The summed E-state index contributed by atoms with van der Waals surface area (Å²) >= 11 is 0. The van der Waals surface area contributed by atoms with Crippen LogP contribution in [0.25, 0.3) is 11.3 Å². The SMILES string of the molecule is CC.CC.c1ccc2c(c1)CCc1cccnc1-2. The van der Waals surface area contributed by atoms with Gasteiger partial charge < -0.3 is 0 Å². The zero-order chi connectivity index (χ0) is 13.4. The molecule has 0 atom stereocenters. The summed E-state index contributed by atoms with van der Waals surface area (Å²) in [6.07, 6.45) is 4.15. The maximum Gasteiger partial charge on any atom is 0.0736 e. The molecule has 3 rings (SSSR count). The molecule has 18 heavy (non-hydrogen) atoms. The molecule has 2 aromatic rings. The maximum absolute atomic E-state index is 4.46. The summed E-state index contributed by atoms with van der Waals surface area (Å²) < 4.78 is 0. The first-order chi connectivity index (χ1) is 8.95. The molecular weight excluding hydrogens is 218 g/mol. The molecule has 1 heteroatoms. The lowest BCUT2D eigenvalue weighted by Gasteiger charge is -2.17. The summed E-state index contributed by atoms with van der Waals surface area (Å²) in [6, 6.07) is 12.8. The third kappa shape index (κ3) is 2.98. The second-order valence-electron chi connectivity index (χ2n) is 3.67. The normalized spacial score (nSPS) is 10.9. The molecule has 0 bridgehead atoms. The minimum absolute atomic E-state index is 1.13. The van der Waals surface area contributed by atoms with Crippen molar-refractivity contribution < 1.29 is 0 Å². The Bertz CT molecular complexity index is 429. The van der Waals surface area contributed by atoms with E-state index in [2.05, 4.69) is 35.3 Å². The van der Waals surface area contributed by atoms with E-state index >= 15 is 0 Å². The molecule has 1 aliphatic rings. The lowest BCUT2D eigenvalue weighted by molar-refractivity contribution is 0.927. The smallest absolute Gasteiger partial charge is 0.0736 e. The van der Waals surface area contributed by atoms with Crippen molar-refractivity contribution in [3.8, 4) is 11.3 Å². The average Bonchev–Trinajstić information content (AvgIpc) is 2.51. The first-order valence-electron chi connectivity index (χ1n) is 6.97. The van der Waals surface area contributed by atoms with E-state index in [1.165, 1.54) is 22.4 Å². The Kier molecular flexibility index (Phi) is 6.13. The standard InChI is InChI=1S/C13H11N.2C2H6/c1-2-6-12-10(4-1)7-8-11-5-3-9-14-13(11)12;2*1-2/h1-6,9H,7-8H2;2*1-2H3. The molecule has 0 unspecified atom stereocenters. The molecule has 1 aliphatic carbocycles. The number of fused-ring (bicyclic) bond motifs is 3. The number of hydrogen-bond donors (Lipinski definition) is 0. The Morgan fingerprint density at radius 1 is 0.778 bits per heavy atom. The minimum Gasteiger partial charge on any atom is -0.256 e. The average molecular weight is 241 g/mol. The molecule has 1 aromatic heterocycles. The van der Waals surface area contributed by atoms with Crippen LogP contribution < -0.4 is 0 Å². The van der Waals surface area contributed by atoms with Crippen LogP contribution in [0.3, 0.4) is 0 Å². The predicted molar refractivity (Wildman–Crippen MR) is 79.8 cm³/mol. The van der Waals surface area contributed by atoms with Gasteiger partial charge in [-0.2, -0.15) is 0 Å². The topological polar surface area (TPSA) is 12.9 Å². The maximum atomic E-state index is 4.46. The molecule has 0 N–H and O–H groups in total. The summed E-state index contributed by atoms with van der Waals surface area (Å²) in [5.74, 6) is 0. The van der Waals surface area contributed by atoms with Crippen LogP contribution in [0.2, 0.25) is 0 Å². The first kappa shape index (κ1) is 14.4. The Labute approximate surface area is 111 Å². The molecule has 1 aromatic carbocycles. The van der Waals surface area contributed by atoms with Gasteiger partial charge in [-0.15, -0.1) is 0 Å². The highest BCUT2D eigenvalue weighted by molar-refractivity contribution is 5.69. The second-order valence-corrected chi connectivity index (χ2v) is 3.67. The molecule has 0 fully saturated rings. The highest BCUT2D eigenvalue weighted by Crippen LogP contribution is 2.30. The van der Waals surface area contributed by atoms with Gasteiger partial charge in [0.25, 0.3) is 0 Å². The number of aryl methyl sites for hydroxylation is 2. The van der Waals surface area contributed by atoms with Crippen LogP contribution in [-0.2, 0) is 12.8 Å². The molecule has 0 saturated carbocycles. The number of aromatic nitrogens is 1. The lowest BCUT2D eigenvalue weighted by atomic mass is 9.89. The highest BCUT2D eigenvalue weighted by atomic mass is 14.7. The van der Waals surface area contributed by atoms with Crippen LogP contribution in [0.15, 0.2) is 42.6 Å². The number of rotatable bonds is 0. The Morgan fingerprint density at radius 2 is 1.39 bits per heavy atom. The summed E-state index contributed by atoms with van der Waals surface area (Å²) in [7, 11) is 0. The third-order valence-electron chi connectivity index (χ3n) is 2.83. The van der Waals surface area contributed by atoms with E-state index in [1.54, 1.807) is 0 Å². The third-order valence-corrected chi connectivity index (χ3v) is 2.83. The molecular formula is C17H23N. The van der Waals surface area contributed by atoms with Crippen LogP contribution in [0.4, 0.5) is 0 Å². The quantitative estimate of drug-likeness (QED) is 0.639. The lowest BCUT2D eigenvalue weighted by Crippen LogP contribution is -2.04. The number of hydrogen-bond acceptors (Lipinski definition) is 1. The van der Waals surface area contributed by atoms with E-state index in [1.807, 2.05) is 40.0 Å². The number of nitrogens with zero attached hydrogens (tertiary/aromatic N) is 1. The number of benzene rings is 1.